The average molecular weight is 476 g/mol. The van der Waals surface area contributed by atoms with E-state index >= 15 is 0 Å². The van der Waals surface area contributed by atoms with Gasteiger partial charge < -0.3 is 9.36 Å². The summed E-state index contributed by atoms with van der Waals surface area (Å²) in [5.74, 6) is -15.6. The molecule has 1 aromatic carbocycles. The molecule has 1 unspecified atom stereocenters. The molecule has 1 aromatic rings. The molecule has 0 aliphatic heterocycles. The number of nitrogens with two attached hydrogens (primary N) is 1. The number of alkyl halides is 2. The van der Waals surface area contributed by atoms with Gasteiger partial charge >= 0.3 is 7.67 Å². The highest BCUT2D eigenvalue weighted by atomic mass is 35.5. The molecular formula is C14H17Cl2F5N3O3P. The Bertz CT molecular complexity index is 848. The molecule has 0 aromatic heterocycles. The van der Waals surface area contributed by atoms with Gasteiger partial charge in [0.2, 0.25) is 5.82 Å². The normalized spacial score (nSPS) is 17.2. The maximum absolute atomic E-state index is 13.5. The lowest BCUT2D eigenvalue weighted by Crippen LogP contribution is -2.29. The Balaban J connectivity index is 2.64. The van der Waals surface area contributed by atoms with Crippen LogP contribution in [0.1, 0.15) is 17.5 Å². The monoisotopic (exact) mass is 475 g/mol. The Morgan fingerprint density at radius 2 is 1.57 bits per heavy atom. The van der Waals surface area contributed by atoms with Crippen molar-refractivity contribution >= 4 is 37.1 Å². The van der Waals surface area contributed by atoms with E-state index < -0.39 is 80.3 Å². The predicted octanol–water partition coefficient (Wildman–Crippen LogP) is 4.14. The number of hydrogen-bond acceptors (Lipinski definition) is 4. The van der Waals surface area contributed by atoms with Crippen LogP contribution in [0.15, 0.2) is 5.16 Å². The van der Waals surface area contributed by atoms with Crippen molar-refractivity contribution < 1.29 is 41.4 Å². The van der Waals surface area contributed by atoms with E-state index in [1.807, 2.05) is 0 Å². The Morgan fingerprint density at radius 3 is 2.07 bits per heavy atom. The van der Waals surface area contributed by atoms with Crippen LogP contribution >= 0.6 is 30.9 Å². The van der Waals surface area contributed by atoms with E-state index in [1.54, 1.807) is 0 Å². The molecule has 14 heteroatoms. The van der Waals surface area contributed by atoms with Gasteiger partial charge in [0.25, 0.3) is 0 Å². The minimum absolute atomic E-state index is 0.173. The molecule has 0 saturated carbocycles. The SMILES string of the molecule is [2H]C([2H])(Cl)CN(CC([2H])([2H])Cl)P(N)(=O)OCC/C=N\OCc1c(F)c(F)c(F)c(F)c1F. The van der Waals surface area contributed by atoms with Gasteiger partial charge in [-0.1, -0.05) is 5.16 Å². The first kappa shape index (κ1) is 19.0. The van der Waals surface area contributed by atoms with Crippen molar-refractivity contribution in [3.63, 3.8) is 0 Å². The fourth-order valence-electron chi connectivity index (χ4n) is 1.69. The van der Waals surface area contributed by atoms with Crippen LogP contribution in [0.2, 0.25) is 0 Å². The third-order valence-corrected chi connectivity index (χ3v) is 4.92. The molecule has 0 amide bonds. The predicted molar refractivity (Wildman–Crippen MR) is 94.9 cm³/mol. The highest BCUT2D eigenvalue weighted by Gasteiger charge is 2.27. The lowest BCUT2D eigenvalue weighted by molar-refractivity contribution is 0.123. The summed E-state index contributed by atoms with van der Waals surface area (Å²) in [6.07, 6.45) is 0.770. The van der Waals surface area contributed by atoms with Crippen molar-refractivity contribution in [2.24, 2.45) is 10.7 Å². The van der Waals surface area contributed by atoms with Crippen LogP contribution in [0.5, 0.6) is 0 Å². The minimum Gasteiger partial charge on any atom is -0.391 e. The quantitative estimate of drug-likeness (QED) is 0.0718. The zero-order valence-electron chi connectivity index (χ0n) is 17.9. The summed E-state index contributed by atoms with van der Waals surface area (Å²) in [6, 6.07) is 0. The molecule has 1 atom stereocenters. The Morgan fingerprint density at radius 1 is 1.07 bits per heavy atom. The number of nitrogens with zero attached hydrogens (tertiary/aromatic N) is 2. The maximum atomic E-state index is 13.5. The van der Waals surface area contributed by atoms with Crippen molar-refractivity contribution in [1.82, 2.24) is 4.67 Å². The number of oxime groups is 1. The highest BCUT2D eigenvalue weighted by Crippen LogP contribution is 2.42. The van der Waals surface area contributed by atoms with E-state index in [2.05, 4.69) is 9.99 Å². The van der Waals surface area contributed by atoms with Gasteiger partial charge in [0, 0.05) is 42.9 Å². The summed E-state index contributed by atoms with van der Waals surface area (Å²) in [5.41, 5.74) is 4.28. The Labute approximate surface area is 173 Å². The Kier molecular flexibility index (Phi) is 8.08. The molecule has 2 N–H and O–H groups in total. The Hall–Kier alpha value is -0.970. The van der Waals surface area contributed by atoms with E-state index in [0.717, 1.165) is 6.21 Å². The third kappa shape index (κ3) is 6.82. The van der Waals surface area contributed by atoms with E-state index in [4.69, 9.17) is 38.7 Å². The van der Waals surface area contributed by atoms with Crippen molar-refractivity contribution in [1.29, 1.82) is 0 Å². The minimum atomic E-state index is -4.26. The molecule has 160 valence electrons. The van der Waals surface area contributed by atoms with Crippen molar-refractivity contribution in [2.45, 2.75) is 13.0 Å². The zero-order chi connectivity index (χ0) is 24.9. The van der Waals surface area contributed by atoms with Gasteiger partial charge in [-0.05, 0) is 0 Å². The first-order valence-corrected chi connectivity index (χ1v) is 9.67. The smallest absolute Gasteiger partial charge is 0.340 e. The second-order valence-corrected chi connectivity index (χ2v) is 7.37. The fraction of sp³-hybridized carbons (Fsp3) is 0.500. The second kappa shape index (κ2) is 11.9. The highest BCUT2D eigenvalue weighted by molar-refractivity contribution is 7.53. The number of halogens is 7. The fourth-order valence-corrected chi connectivity index (χ4v) is 3.21. The van der Waals surface area contributed by atoms with E-state index in [9.17, 15) is 26.5 Å². The van der Waals surface area contributed by atoms with Crippen molar-refractivity contribution in [3.05, 3.63) is 34.6 Å². The first-order valence-electron chi connectivity index (χ1n) is 9.27. The summed E-state index contributed by atoms with van der Waals surface area (Å²) in [4.78, 5) is 4.48. The zero-order valence-corrected chi connectivity index (χ0v) is 16.3. The van der Waals surface area contributed by atoms with Gasteiger partial charge in [-0.3, -0.25) is 4.57 Å². The van der Waals surface area contributed by atoms with E-state index in [-0.39, 0.29) is 6.42 Å². The molecule has 0 fully saturated rings. The topological polar surface area (TPSA) is 77.2 Å². The largest absolute Gasteiger partial charge is 0.391 e. The molecule has 0 spiro atoms. The lowest BCUT2D eigenvalue weighted by Gasteiger charge is -2.26. The molecule has 0 aliphatic carbocycles. The number of hydrogen-bond donors (Lipinski definition) is 1. The molecule has 0 bridgehead atoms. The van der Waals surface area contributed by atoms with Crippen molar-refractivity contribution in [3.8, 4) is 0 Å². The van der Waals surface area contributed by atoms with Gasteiger partial charge in [-0.15, -0.1) is 23.2 Å². The van der Waals surface area contributed by atoms with Crippen molar-refractivity contribution in [2.75, 3.05) is 31.4 Å². The van der Waals surface area contributed by atoms with Crippen LogP contribution in [-0.2, 0) is 20.5 Å². The van der Waals surface area contributed by atoms with Gasteiger partial charge in [0.05, 0.1) is 12.2 Å². The molecular weight excluding hydrogens is 455 g/mol. The first-order chi connectivity index (χ1) is 14.5. The summed E-state index contributed by atoms with van der Waals surface area (Å²) in [7, 11) is -4.26. The van der Waals surface area contributed by atoms with Crippen LogP contribution in [0.4, 0.5) is 22.0 Å². The molecule has 1 rings (SSSR count). The molecule has 0 aliphatic rings. The van der Waals surface area contributed by atoms with Gasteiger partial charge in [0.15, 0.2) is 23.3 Å². The van der Waals surface area contributed by atoms with Gasteiger partial charge in [-0.2, -0.15) is 0 Å². The van der Waals surface area contributed by atoms with Gasteiger partial charge in [-0.25, -0.2) is 32.1 Å². The third-order valence-electron chi connectivity index (χ3n) is 3.06. The van der Waals surface area contributed by atoms with Crippen LogP contribution in [0.3, 0.4) is 0 Å². The molecule has 0 radical (unpaired) electrons. The van der Waals surface area contributed by atoms with Gasteiger partial charge in [0.1, 0.15) is 6.61 Å². The maximum Gasteiger partial charge on any atom is 0.340 e. The lowest BCUT2D eigenvalue weighted by atomic mass is 10.2. The number of benzene rings is 1. The van der Waals surface area contributed by atoms with Crippen LogP contribution < -0.4 is 5.50 Å². The summed E-state index contributed by atoms with van der Waals surface area (Å²) in [6.45, 7) is -3.07. The average Bonchev–Trinajstić information content (AvgIpc) is 2.63. The molecule has 6 nitrogen and oxygen atoms in total. The standard InChI is InChI=1S/C14H17Cl2F5N3O3P/c15-2-5-24(6-3-16)28(22,25)27-7-1-4-23-26-8-9-10(17)12(19)14(21)13(20)11(9)18/h4H,1-3,5-8H2,(H2,22,25)/b23-4-/i2D2,3D2. The van der Waals surface area contributed by atoms with Crippen LogP contribution in [0.25, 0.3) is 0 Å². The van der Waals surface area contributed by atoms with E-state index in [1.165, 1.54) is 0 Å². The molecule has 28 heavy (non-hydrogen) atoms. The summed E-state index contributed by atoms with van der Waals surface area (Å²) < 4.78 is 113. The van der Waals surface area contributed by atoms with Crippen LogP contribution in [0, 0.1) is 29.1 Å². The molecule has 0 heterocycles. The number of rotatable bonds is 12. The molecule has 0 saturated heterocycles. The van der Waals surface area contributed by atoms with E-state index in [0.29, 0.717) is 4.67 Å². The summed E-state index contributed by atoms with van der Waals surface area (Å²) in [5, 5.41) is 3.23. The summed E-state index contributed by atoms with van der Waals surface area (Å²) >= 11 is 10.8. The van der Waals surface area contributed by atoms with Crippen LogP contribution in [-0.4, -0.2) is 42.2 Å². The second-order valence-electron chi connectivity index (χ2n) is 4.89.